The van der Waals surface area contributed by atoms with E-state index in [9.17, 15) is 18.0 Å². The van der Waals surface area contributed by atoms with Crippen LogP contribution in [0, 0.1) is 11.8 Å². The molecule has 1 aliphatic rings. The number of hydrogen-bond acceptors (Lipinski definition) is 2. The summed E-state index contributed by atoms with van der Waals surface area (Å²) in [5, 5.41) is 0. The van der Waals surface area contributed by atoms with Crippen LogP contribution in [0.2, 0.25) is 0 Å². The number of imidazole rings is 1. The number of aryl methyl sites for hydroxylation is 1. The number of alkyl halides is 3. The van der Waals surface area contributed by atoms with Crippen LogP contribution < -0.4 is 0 Å². The van der Waals surface area contributed by atoms with Crippen molar-refractivity contribution in [2.75, 3.05) is 0 Å². The van der Waals surface area contributed by atoms with Crippen molar-refractivity contribution >= 4 is 5.78 Å². The molecule has 3 nitrogen and oxygen atoms in total. The van der Waals surface area contributed by atoms with Crippen molar-refractivity contribution in [1.82, 2.24) is 9.55 Å². The maximum atomic E-state index is 12.7. The number of rotatable bonds is 4. The predicted molar refractivity (Wildman–Crippen MR) is 68.1 cm³/mol. The number of aromatic nitrogens is 2. The Morgan fingerprint density at radius 3 is 2.85 bits per heavy atom. The van der Waals surface area contributed by atoms with Gasteiger partial charge in [0.05, 0.1) is 12.3 Å². The van der Waals surface area contributed by atoms with Gasteiger partial charge in [-0.1, -0.05) is 6.42 Å². The summed E-state index contributed by atoms with van der Waals surface area (Å²) in [6.07, 6.45) is 0.484. The summed E-state index contributed by atoms with van der Waals surface area (Å²) in [7, 11) is 0. The van der Waals surface area contributed by atoms with Crippen molar-refractivity contribution in [2.24, 2.45) is 11.8 Å². The zero-order valence-corrected chi connectivity index (χ0v) is 11.5. The second-order valence-corrected chi connectivity index (χ2v) is 5.37. The van der Waals surface area contributed by atoms with E-state index in [-0.39, 0.29) is 25.0 Å². The maximum Gasteiger partial charge on any atom is 0.391 e. The molecule has 0 N–H and O–H groups in total. The molecule has 2 unspecified atom stereocenters. The van der Waals surface area contributed by atoms with Crippen LogP contribution in [-0.4, -0.2) is 21.5 Å². The first-order valence-electron chi connectivity index (χ1n) is 7.01. The second kappa shape index (κ2) is 5.97. The van der Waals surface area contributed by atoms with Crippen LogP contribution in [0.4, 0.5) is 13.2 Å². The van der Waals surface area contributed by atoms with Gasteiger partial charge in [-0.15, -0.1) is 0 Å². The van der Waals surface area contributed by atoms with Gasteiger partial charge in [0.25, 0.3) is 0 Å². The third kappa shape index (κ3) is 3.41. The zero-order chi connectivity index (χ0) is 14.8. The molecule has 1 heterocycles. The zero-order valence-electron chi connectivity index (χ0n) is 11.5. The molecular weight excluding hydrogens is 269 g/mol. The normalized spacial score (nSPS) is 23.8. The van der Waals surface area contributed by atoms with E-state index in [1.807, 2.05) is 11.5 Å². The Kier molecular flexibility index (Phi) is 4.50. The molecule has 0 amide bonds. The number of halogens is 3. The first kappa shape index (κ1) is 15.1. The minimum atomic E-state index is -4.18. The summed E-state index contributed by atoms with van der Waals surface area (Å²) in [5.41, 5.74) is 0. The van der Waals surface area contributed by atoms with E-state index in [1.54, 1.807) is 12.4 Å². The Balaban J connectivity index is 1.99. The molecule has 2 atom stereocenters. The highest BCUT2D eigenvalue weighted by molar-refractivity contribution is 5.82. The van der Waals surface area contributed by atoms with E-state index in [0.717, 1.165) is 0 Å². The van der Waals surface area contributed by atoms with Crippen LogP contribution in [-0.2, 0) is 17.8 Å². The summed E-state index contributed by atoms with van der Waals surface area (Å²) in [5.74, 6) is -1.26. The molecule has 1 fully saturated rings. The predicted octanol–water partition coefficient (Wildman–Crippen LogP) is 3.38. The fraction of sp³-hybridized carbons (Fsp3) is 0.714. The fourth-order valence-electron chi connectivity index (χ4n) is 2.87. The van der Waals surface area contributed by atoms with Gasteiger partial charge in [0.1, 0.15) is 11.6 Å². The third-order valence-electron chi connectivity index (χ3n) is 4.07. The number of carbonyl (C=O) groups excluding carboxylic acids is 1. The van der Waals surface area contributed by atoms with Crippen molar-refractivity contribution < 1.29 is 18.0 Å². The highest BCUT2D eigenvalue weighted by Gasteiger charge is 2.43. The molecule has 1 aromatic rings. The van der Waals surface area contributed by atoms with Crippen molar-refractivity contribution in [2.45, 2.75) is 51.7 Å². The summed E-state index contributed by atoms with van der Waals surface area (Å²) in [6.45, 7) is 2.65. The average Bonchev–Trinajstić information content (AvgIpc) is 2.85. The van der Waals surface area contributed by atoms with E-state index in [4.69, 9.17) is 0 Å². The molecule has 0 bridgehead atoms. The lowest BCUT2D eigenvalue weighted by molar-refractivity contribution is -0.186. The Bertz CT molecular complexity index is 467. The Labute approximate surface area is 116 Å². The summed E-state index contributed by atoms with van der Waals surface area (Å²) in [4.78, 5) is 16.3. The van der Waals surface area contributed by atoms with E-state index in [2.05, 4.69) is 4.98 Å². The Morgan fingerprint density at radius 2 is 2.20 bits per heavy atom. The van der Waals surface area contributed by atoms with Crippen LogP contribution in [0.5, 0.6) is 0 Å². The summed E-state index contributed by atoms with van der Waals surface area (Å²) in [6, 6.07) is 0. The molecule has 0 radical (unpaired) electrons. The Hall–Kier alpha value is -1.33. The minimum Gasteiger partial charge on any atom is -0.335 e. The lowest BCUT2D eigenvalue weighted by atomic mass is 9.78. The lowest BCUT2D eigenvalue weighted by Crippen LogP contribution is -2.32. The number of ketones is 1. The number of nitrogens with zero attached hydrogens (tertiary/aromatic N) is 2. The molecule has 0 spiro atoms. The Morgan fingerprint density at radius 1 is 1.45 bits per heavy atom. The SMILES string of the molecule is CCn1ccnc1CC(=O)C1CCCC(C(F)(F)F)C1. The fourth-order valence-corrected chi connectivity index (χ4v) is 2.87. The lowest BCUT2D eigenvalue weighted by Gasteiger charge is -2.29. The van der Waals surface area contributed by atoms with Gasteiger partial charge in [-0.2, -0.15) is 13.2 Å². The minimum absolute atomic E-state index is 0.0604. The van der Waals surface area contributed by atoms with E-state index in [1.165, 1.54) is 0 Å². The van der Waals surface area contributed by atoms with Gasteiger partial charge in [-0.3, -0.25) is 4.79 Å². The third-order valence-corrected chi connectivity index (χ3v) is 4.07. The molecule has 0 aliphatic heterocycles. The molecular formula is C14H19F3N2O. The smallest absolute Gasteiger partial charge is 0.335 e. The van der Waals surface area contributed by atoms with Gasteiger partial charge in [0, 0.05) is 24.9 Å². The molecule has 1 saturated carbocycles. The highest BCUT2D eigenvalue weighted by atomic mass is 19.4. The molecule has 6 heteroatoms. The monoisotopic (exact) mass is 288 g/mol. The van der Waals surface area contributed by atoms with Gasteiger partial charge in [-0.05, 0) is 26.2 Å². The first-order valence-corrected chi connectivity index (χ1v) is 7.01. The van der Waals surface area contributed by atoms with E-state index < -0.39 is 18.0 Å². The topological polar surface area (TPSA) is 34.9 Å². The summed E-state index contributed by atoms with van der Waals surface area (Å²) >= 11 is 0. The number of hydrogen-bond donors (Lipinski definition) is 0. The molecule has 112 valence electrons. The van der Waals surface area contributed by atoms with Crippen LogP contribution >= 0.6 is 0 Å². The number of carbonyl (C=O) groups is 1. The van der Waals surface area contributed by atoms with Crippen LogP contribution in [0.15, 0.2) is 12.4 Å². The molecule has 2 rings (SSSR count). The molecule has 20 heavy (non-hydrogen) atoms. The first-order chi connectivity index (χ1) is 9.41. The van der Waals surface area contributed by atoms with Crippen molar-refractivity contribution in [3.05, 3.63) is 18.2 Å². The van der Waals surface area contributed by atoms with Gasteiger partial charge < -0.3 is 4.57 Å². The van der Waals surface area contributed by atoms with Crippen LogP contribution in [0.3, 0.4) is 0 Å². The van der Waals surface area contributed by atoms with Crippen LogP contribution in [0.25, 0.3) is 0 Å². The van der Waals surface area contributed by atoms with Gasteiger partial charge >= 0.3 is 6.18 Å². The van der Waals surface area contributed by atoms with E-state index in [0.29, 0.717) is 25.2 Å². The standard InChI is InChI=1S/C14H19F3N2O/c1-2-19-7-6-18-13(19)9-12(20)10-4-3-5-11(8-10)14(15,16)17/h6-7,10-11H,2-5,8-9H2,1H3. The quantitative estimate of drug-likeness (QED) is 0.851. The van der Waals surface area contributed by atoms with Crippen LogP contribution in [0.1, 0.15) is 38.4 Å². The average molecular weight is 288 g/mol. The van der Waals surface area contributed by atoms with Gasteiger partial charge in [0.2, 0.25) is 0 Å². The molecule has 0 aromatic carbocycles. The highest BCUT2D eigenvalue weighted by Crippen LogP contribution is 2.40. The van der Waals surface area contributed by atoms with Crippen molar-refractivity contribution in [1.29, 1.82) is 0 Å². The maximum absolute atomic E-state index is 12.7. The molecule has 1 aromatic heterocycles. The summed E-state index contributed by atoms with van der Waals surface area (Å²) < 4.78 is 40.1. The van der Waals surface area contributed by atoms with Gasteiger partial charge in [-0.25, -0.2) is 4.98 Å². The molecule has 0 saturated heterocycles. The number of Topliss-reactive ketones (excluding diaryl/α,β-unsaturated/α-hetero) is 1. The van der Waals surface area contributed by atoms with Crippen molar-refractivity contribution in [3.63, 3.8) is 0 Å². The second-order valence-electron chi connectivity index (χ2n) is 5.37. The largest absolute Gasteiger partial charge is 0.391 e. The molecule has 1 aliphatic carbocycles. The van der Waals surface area contributed by atoms with E-state index >= 15 is 0 Å². The van der Waals surface area contributed by atoms with Gasteiger partial charge in [0.15, 0.2) is 0 Å². The van der Waals surface area contributed by atoms with Crippen molar-refractivity contribution in [3.8, 4) is 0 Å².